The highest BCUT2D eigenvalue weighted by molar-refractivity contribution is 5.07. The minimum atomic E-state index is -5.89. The molecular weight excluding hydrogens is 290 g/mol. The van der Waals surface area contributed by atoms with Crippen molar-refractivity contribution in [3.8, 4) is 0 Å². The van der Waals surface area contributed by atoms with Crippen LogP contribution in [0.25, 0.3) is 0 Å². The third-order valence-corrected chi connectivity index (χ3v) is 3.37. The fourth-order valence-electron chi connectivity index (χ4n) is 2.22. The molecule has 0 aromatic carbocycles. The molecule has 0 aromatic rings. The van der Waals surface area contributed by atoms with Gasteiger partial charge in [-0.15, -0.1) is 0 Å². The maximum atomic E-state index is 12.8. The van der Waals surface area contributed by atoms with Gasteiger partial charge in [0.15, 0.2) is 0 Å². The molecule has 0 radical (unpaired) electrons. The molecule has 0 saturated carbocycles. The van der Waals surface area contributed by atoms with Crippen molar-refractivity contribution in [3.05, 3.63) is 12.2 Å². The van der Waals surface area contributed by atoms with E-state index in [0.29, 0.717) is 26.7 Å². The maximum absolute atomic E-state index is 12.8. The van der Waals surface area contributed by atoms with E-state index < -0.39 is 29.7 Å². The Kier molecular flexibility index (Phi) is 4.51. The molecule has 1 aliphatic carbocycles. The topological polar surface area (TPSA) is 29.5 Å². The van der Waals surface area contributed by atoms with Crippen LogP contribution < -0.4 is 0 Å². The van der Waals surface area contributed by atoms with E-state index in [1.807, 2.05) is 0 Å². The van der Waals surface area contributed by atoms with E-state index in [1.54, 1.807) is 12.2 Å². The van der Waals surface area contributed by atoms with Crippen LogP contribution in [0.5, 0.6) is 0 Å². The van der Waals surface area contributed by atoms with E-state index in [9.17, 15) is 31.4 Å². The average Bonchev–Trinajstić information content (AvgIpc) is 2.25. The molecule has 1 rings (SSSR count). The van der Waals surface area contributed by atoms with Gasteiger partial charge in [-0.2, -0.15) is 26.3 Å². The Balaban J connectivity index is 3.09. The lowest BCUT2D eigenvalue weighted by Crippen LogP contribution is -2.70. The normalized spacial score (nSPS) is 22.1. The Labute approximate surface area is 112 Å². The largest absolute Gasteiger partial charge is 0.429 e. The van der Waals surface area contributed by atoms with Gasteiger partial charge in [-0.3, -0.25) is 0 Å². The Morgan fingerprint density at radius 2 is 1.50 bits per heavy atom. The van der Waals surface area contributed by atoms with Gasteiger partial charge in [-0.05, 0) is 33.1 Å². The first kappa shape index (κ1) is 17.3. The first-order valence-corrected chi connectivity index (χ1v) is 6.01. The van der Waals surface area contributed by atoms with Crippen LogP contribution in [0.4, 0.5) is 26.3 Å². The number of alkyl halides is 6. The summed E-state index contributed by atoms with van der Waals surface area (Å²) >= 11 is 0. The second-order valence-electron chi connectivity index (χ2n) is 5.24. The summed E-state index contributed by atoms with van der Waals surface area (Å²) in [5.74, 6) is 0. The van der Waals surface area contributed by atoms with Crippen LogP contribution in [0.15, 0.2) is 12.2 Å². The van der Waals surface area contributed by atoms with Crippen LogP contribution >= 0.6 is 0 Å². The quantitative estimate of drug-likeness (QED) is 0.636. The van der Waals surface area contributed by atoms with Gasteiger partial charge in [0.2, 0.25) is 0 Å². The molecule has 0 aromatic heterocycles. The van der Waals surface area contributed by atoms with E-state index in [-0.39, 0.29) is 6.42 Å². The lowest BCUT2D eigenvalue weighted by atomic mass is 9.83. The molecule has 2 nitrogen and oxygen atoms in total. The molecule has 118 valence electrons. The zero-order chi connectivity index (χ0) is 15.8. The van der Waals surface area contributed by atoms with Gasteiger partial charge in [-0.25, -0.2) is 0 Å². The minimum Gasteiger partial charge on any atom is -0.371 e. The molecule has 0 saturated heterocycles. The molecule has 0 spiro atoms. The number of halogens is 6. The van der Waals surface area contributed by atoms with E-state index >= 15 is 0 Å². The summed E-state index contributed by atoms with van der Waals surface area (Å²) in [6.07, 6.45) is -8.13. The molecule has 0 heterocycles. The Bertz CT molecular complexity index is 355. The summed E-state index contributed by atoms with van der Waals surface area (Å²) in [5, 5.41) is 9.35. The molecule has 1 aliphatic rings. The highest BCUT2D eigenvalue weighted by atomic mass is 19.4. The molecule has 0 fully saturated rings. The predicted octanol–water partition coefficient (Wildman–Crippen LogP) is 3.75. The van der Waals surface area contributed by atoms with Crippen molar-refractivity contribution >= 4 is 0 Å². The fraction of sp³-hybridized carbons (Fsp3) is 0.833. The number of hydrogen-bond acceptors (Lipinski definition) is 2. The molecule has 0 amide bonds. The summed E-state index contributed by atoms with van der Waals surface area (Å²) in [6.45, 7) is 1.21. The number of ether oxygens (including phenoxy) is 1. The van der Waals surface area contributed by atoms with Gasteiger partial charge in [-0.1, -0.05) is 12.2 Å². The molecule has 0 bridgehead atoms. The van der Waals surface area contributed by atoms with E-state index in [1.165, 1.54) is 0 Å². The Morgan fingerprint density at radius 3 is 1.85 bits per heavy atom. The molecule has 8 heteroatoms. The van der Waals surface area contributed by atoms with Crippen LogP contribution in [0.2, 0.25) is 0 Å². The number of rotatable bonds is 3. The van der Waals surface area contributed by atoms with Crippen molar-refractivity contribution in [2.24, 2.45) is 0 Å². The first-order chi connectivity index (χ1) is 8.83. The molecular formula is C12H16F6O2. The van der Waals surface area contributed by atoms with Crippen LogP contribution in [0.1, 0.15) is 33.1 Å². The molecule has 1 unspecified atom stereocenters. The van der Waals surface area contributed by atoms with Gasteiger partial charge < -0.3 is 9.84 Å². The summed E-state index contributed by atoms with van der Waals surface area (Å²) in [5.41, 5.74) is -7.77. The van der Waals surface area contributed by atoms with Crippen LogP contribution in [0.3, 0.4) is 0 Å². The lowest BCUT2D eigenvalue weighted by Gasteiger charge is -2.45. The van der Waals surface area contributed by atoms with E-state index in [0.717, 1.165) is 0 Å². The van der Waals surface area contributed by atoms with Gasteiger partial charge in [0.05, 0.1) is 6.10 Å². The monoisotopic (exact) mass is 306 g/mol. The summed E-state index contributed by atoms with van der Waals surface area (Å²) < 4.78 is 81.7. The maximum Gasteiger partial charge on any atom is 0.429 e. The van der Waals surface area contributed by atoms with Gasteiger partial charge in [0, 0.05) is 0 Å². The lowest BCUT2D eigenvalue weighted by molar-refractivity contribution is -0.415. The van der Waals surface area contributed by atoms with Crippen LogP contribution in [-0.4, -0.2) is 34.8 Å². The number of hydrogen-bond donors (Lipinski definition) is 1. The molecule has 0 aliphatic heterocycles. The minimum absolute atomic E-state index is 0.217. The smallest absolute Gasteiger partial charge is 0.371 e. The first-order valence-electron chi connectivity index (χ1n) is 6.01. The second-order valence-corrected chi connectivity index (χ2v) is 5.24. The predicted molar refractivity (Wildman–Crippen MR) is 59.0 cm³/mol. The van der Waals surface area contributed by atoms with Crippen molar-refractivity contribution in [3.63, 3.8) is 0 Å². The fourth-order valence-corrected chi connectivity index (χ4v) is 2.22. The SMILES string of the molecule is CC(C)(OC1CC=CCC1)C(O)(C(F)(F)F)C(F)(F)F. The van der Waals surface area contributed by atoms with Crippen molar-refractivity contribution in [2.75, 3.05) is 0 Å². The van der Waals surface area contributed by atoms with Crippen molar-refractivity contribution in [1.29, 1.82) is 0 Å². The third kappa shape index (κ3) is 2.95. The second kappa shape index (κ2) is 5.22. The third-order valence-electron chi connectivity index (χ3n) is 3.37. The number of allylic oxidation sites excluding steroid dienone is 1. The zero-order valence-corrected chi connectivity index (χ0v) is 11.0. The van der Waals surface area contributed by atoms with Gasteiger partial charge >= 0.3 is 12.4 Å². The van der Waals surface area contributed by atoms with E-state index in [2.05, 4.69) is 0 Å². The summed E-state index contributed by atoms with van der Waals surface area (Å²) in [6, 6.07) is 0. The van der Waals surface area contributed by atoms with E-state index in [4.69, 9.17) is 4.74 Å². The molecule has 1 atom stereocenters. The Hall–Kier alpha value is -0.760. The Morgan fingerprint density at radius 1 is 1.00 bits per heavy atom. The van der Waals surface area contributed by atoms with Crippen LogP contribution in [-0.2, 0) is 4.74 Å². The average molecular weight is 306 g/mol. The van der Waals surface area contributed by atoms with Gasteiger partial charge in [0.1, 0.15) is 5.60 Å². The van der Waals surface area contributed by atoms with Crippen molar-refractivity contribution in [2.45, 2.75) is 62.8 Å². The highest BCUT2D eigenvalue weighted by Gasteiger charge is 2.77. The van der Waals surface area contributed by atoms with Crippen LogP contribution in [0, 0.1) is 0 Å². The standard InChI is InChI=1S/C12H16F6O2/c1-9(2,20-8-6-4-3-5-7-8)10(19,11(13,14)15)12(16,17)18/h3-4,8,19H,5-7H2,1-2H3. The zero-order valence-electron chi connectivity index (χ0n) is 11.0. The van der Waals surface area contributed by atoms with Gasteiger partial charge in [0.25, 0.3) is 5.60 Å². The molecule has 20 heavy (non-hydrogen) atoms. The highest BCUT2D eigenvalue weighted by Crippen LogP contribution is 2.51. The van der Waals surface area contributed by atoms with Crippen molar-refractivity contribution < 1.29 is 36.2 Å². The molecule has 1 N–H and O–H groups in total. The summed E-state index contributed by atoms with van der Waals surface area (Å²) in [7, 11) is 0. The summed E-state index contributed by atoms with van der Waals surface area (Å²) in [4.78, 5) is 0. The van der Waals surface area contributed by atoms with Crippen molar-refractivity contribution in [1.82, 2.24) is 0 Å². The number of aliphatic hydroxyl groups is 1.